The molecular formula is C8H12N4O. The maximum atomic E-state index is 11.5. The van der Waals surface area contributed by atoms with Gasteiger partial charge in [0.15, 0.2) is 0 Å². The molecular weight excluding hydrogens is 168 g/mol. The van der Waals surface area contributed by atoms with Gasteiger partial charge in [-0.15, -0.1) is 0 Å². The van der Waals surface area contributed by atoms with Gasteiger partial charge in [0.2, 0.25) is 11.9 Å². The molecule has 1 aliphatic rings. The van der Waals surface area contributed by atoms with Gasteiger partial charge in [-0.2, -0.15) is 0 Å². The molecule has 1 saturated heterocycles. The topological polar surface area (TPSA) is 69.8 Å². The molecule has 2 rings (SSSR count). The molecule has 5 nitrogen and oxygen atoms in total. The number of nitrogens with one attached hydrogen (secondary N) is 3. The number of carbonyl (C=O) groups excluding carboxylic acids is 1. The fourth-order valence-electron chi connectivity index (χ4n) is 1.45. The van der Waals surface area contributed by atoms with Crippen LogP contribution in [0.4, 0.5) is 5.95 Å². The van der Waals surface area contributed by atoms with Crippen LogP contribution in [-0.2, 0) is 4.79 Å². The number of rotatable bonds is 2. The lowest BCUT2D eigenvalue weighted by Gasteiger charge is -2.08. The molecule has 0 saturated carbocycles. The molecule has 1 aromatic rings. The Balaban J connectivity index is 1.91. The van der Waals surface area contributed by atoms with Gasteiger partial charge in [0.1, 0.15) is 0 Å². The van der Waals surface area contributed by atoms with E-state index in [1.807, 2.05) is 0 Å². The quantitative estimate of drug-likeness (QED) is 0.604. The van der Waals surface area contributed by atoms with Crippen LogP contribution in [0.5, 0.6) is 0 Å². The highest BCUT2D eigenvalue weighted by molar-refractivity contribution is 5.93. The highest BCUT2D eigenvalue weighted by atomic mass is 16.2. The average Bonchev–Trinajstić information content (AvgIpc) is 2.74. The fourth-order valence-corrected chi connectivity index (χ4v) is 1.45. The predicted octanol–water partition coefficient (Wildman–Crippen LogP) is 0.100. The molecule has 0 aromatic carbocycles. The molecule has 1 aliphatic heterocycles. The molecule has 0 unspecified atom stereocenters. The summed E-state index contributed by atoms with van der Waals surface area (Å²) in [4.78, 5) is 18.2. The van der Waals surface area contributed by atoms with Crippen LogP contribution < -0.4 is 10.6 Å². The van der Waals surface area contributed by atoms with Crippen LogP contribution in [0.3, 0.4) is 0 Å². The Morgan fingerprint density at radius 1 is 1.69 bits per heavy atom. The zero-order chi connectivity index (χ0) is 9.10. The predicted molar refractivity (Wildman–Crippen MR) is 48.2 cm³/mol. The zero-order valence-corrected chi connectivity index (χ0v) is 7.21. The van der Waals surface area contributed by atoms with Crippen molar-refractivity contribution in [3.8, 4) is 0 Å². The number of hydrogen-bond donors (Lipinski definition) is 3. The number of imidazole rings is 1. The molecule has 70 valence electrons. The first kappa shape index (κ1) is 8.25. The molecule has 13 heavy (non-hydrogen) atoms. The van der Waals surface area contributed by atoms with Gasteiger partial charge in [-0.1, -0.05) is 0 Å². The summed E-state index contributed by atoms with van der Waals surface area (Å²) in [7, 11) is 0. The fraction of sp³-hybridized carbons (Fsp3) is 0.500. The highest BCUT2D eigenvalue weighted by Gasteiger charge is 2.22. The summed E-state index contributed by atoms with van der Waals surface area (Å²) in [5.41, 5.74) is 0. The molecule has 1 amide bonds. The van der Waals surface area contributed by atoms with Crippen LogP contribution in [0.1, 0.15) is 12.8 Å². The van der Waals surface area contributed by atoms with Crippen LogP contribution in [0.15, 0.2) is 12.4 Å². The van der Waals surface area contributed by atoms with Gasteiger partial charge < -0.3 is 10.3 Å². The minimum absolute atomic E-state index is 0.00699. The van der Waals surface area contributed by atoms with E-state index >= 15 is 0 Å². The van der Waals surface area contributed by atoms with E-state index in [2.05, 4.69) is 20.6 Å². The molecule has 0 spiro atoms. The Labute approximate surface area is 75.9 Å². The minimum Gasteiger partial charge on any atom is -0.331 e. The van der Waals surface area contributed by atoms with Gasteiger partial charge in [0, 0.05) is 12.4 Å². The Kier molecular flexibility index (Phi) is 2.27. The number of H-pyrrole nitrogens is 1. The smallest absolute Gasteiger partial charge is 0.243 e. The Bertz CT molecular complexity index is 276. The van der Waals surface area contributed by atoms with Gasteiger partial charge in [-0.3, -0.25) is 10.1 Å². The highest BCUT2D eigenvalue weighted by Crippen LogP contribution is 2.06. The number of carbonyl (C=O) groups is 1. The Morgan fingerprint density at radius 3 is 3.23 bits per heavy atom. The molecule has 0 radical (unpaired) electrons. The second-order valence-corrected chi connectivity index (χ2v) is 3.08. The summed E-state index contributed by atoms with van der Waals surface area (Å²) in [6, 6.07) is -0.0508. The standard InChI is InChI=1S/C8H12N4O/c13-7(6-2-1-3-9-6)12-8-10-4-5-11-8/h4-6,9H,1-3H2,(H2,10,11,12,13)/t6-/m0/s1. The van der Waals surface area contributed by atoms with E-state index in [1.165, 1.54) is 0 Å². The van der Waals surface area contributed by atoms with Crippen molar-refractivity contribution in [2.45, 2.75) is 18.9 Å². The summed E-state index contributed by atoms with van der Waals surface area (Å²) < 4.78 is 0. The number of aromatic nitrogens is 2. The number of hydrogen-bond acceptors (Lipinski definition) is 3. The van der Waals surface area contributed by atoms with Crippen LogP contribution in [0.25, 0.3) is 0 Å². The first-order chi connectivity index (χ1) is 6.36. The van der Waals surface area contributed by atoms with E-state index in [0.29, 0.717) is 5.95 Å². The van der Waals surface area contributed by atoms with Gasteiger partial charge in [0.05, 0.1) is 6.04 Å². The van der Waals surface area contributed by atoms with Crippen molar-refractivity contribution in [2.75, 3.05) is 11.9 Å². The minimum atomic E-state index is -0.0508. The normalized spacial score (nSPS) is 21.7. The van der Waals surface area contributed by atoms with E-state index in [1.54, 1.807) is 12.4 Å². The van der Waals surface area contributed by atoms with E-state index in [9.17, 15) is 4.79 Å². The van der Waals surface area contributed by atoms with Crippen molar-refractivity contribution in [1.82, 2.24) is 15.3 Å². The van der Waals surface area contributed by atoms with Crippen molar-refractivity contribution in [3.05, 3.63) is 12.4 Å². The third kappa shape index (κ3) is 1.86. The van der Waals surface area contributed by atoms with E-state index in [-0.39, 0.29) is 11.9 Å². The Hall–Kier alpha value is -1.36. The monoisotopic (exact) mass is 180 g/mol. The number of amides is 1. The van der Waals surface area contributed by atoms with Crippen LogP contribution in [0.2, 0.25) is 0 Å². The molecule has 1 atom stereocenters. The number of nitrogens with zero attached hydrogens (tertiary/aromatic N) is 1. The van der Waals surface area contributed by atoms with Gasteiger partial charge in [-0.25, -0.2) is 4.98 Å². The first-order valence-electron chi connectivity index (χ1n) is 4.40. The van der Waals surface area contributed by atoms with Gasteiger partial charge >= 0.3 is 0 Å². The SMILES string of the molecule is O=C(Nc1ncc[nH]1)[C@@H]1CCCN1. The van der Waals surface area contributed by atoms with Crippen LogP contribution >= 0.6 is 0 Å². The van der Waals surface area contributed by atoms with E-state index in [4.69, 9.17) is 0 Å². The van der Waals surface area contributed by atoms with E-state index < -0.39 is 0 Å². The first-order valence-corrected chi connectivity index (χ1v) is 4.40. The molecule has 5 heteroatoms. The maximum Gasteiger partial charge on any atom is 0.243 e. The van der Waals surface area contributed by atoms with Crippen molar-refractivity contribution in [2.24, 2.45) is 0 Å². The molecule has 3 N–H and O–H groups in total. The second-order valence-electron chi connectivity index (χ2n) is 3.08. The van der Waals surface area contributed by atoms with Crippen molar-refractivity contribution in [1.29, 1.82) is 0 Å². The van der Waals surface area contributed by atoms with Crippen molar-refractivity contribution < 1.29 is 4.79 Å². The van der Waals surface area contributed by atoms with E-state index in [0.717, 1.165) is 19.4 Å². The number of anilines is 1. The summed E-state index contributed by atoms with van der Waals surface area (Å²) in [6.07, 6.45) is 5.26. The summed E-state index contributed by atoms with van der Waals surface area (Å²) >= 11 is 0. The summed E-state index contributed by atoms with van der Waals surface area (Å²) in [5, 5.41) is 5.81. The lowest BCUT2D eigenvalue weighted by atomic mass is 10.2. The second kappa shape index (κ2) is 3.57. The molecule has 2 heterocycles. The largest absolute Gasteiger partial charge is 0.331 e. The van der Waals surface area contributed by atoms with Gasteiger partial charge in [-0.05, 0) is 19.4 Å². The van der Waals surface area contributed by atoms with Crippen molar-refractivity contribution >= 4 is 11.9 Å². The molecule has 0 bridgehead atoms. The van der Waals surface area contributed by atoms with Crippen LogP contribution in [-0.4, -0.2) is 28.5 Å². The maximum absolute atomic E-state index is 11.5. The third-order valence-electron chi connectivity index (χ3n) is 2.12. The lowest BCUT2D eigenvalue weighted by molar-refractivity contribution is -0.117. The lowest BCUT2D eigenvalue weighted by Crippen LogP contribution is -2.35. The Morgan fingerprint density at radius 2 is 2.62 bits per heavy atom. The average molecular weight is 180 g/mol. The number of aromatic amines is 1. The van der Waals surface area contributed by atoms with Crippen molar-refractivity contribution in [3.63, 3.8) is 0 Å². The molecule has 0 aliphatic carbocycles. The summed E-state index contributed by atoms with van der Waals surface area (Å²) in [5.74, 6) is 0.506. The molecule has 1 fully saturated rings. The summed E-state index contributed by atoms with van der Waals surface area (Å²) in [6.45, 7) is 0.927. The van der Waals surface area contributed by atoms with Gasteiger partial charge in [0.25, 0.3) is 0 Å². The third-order valence-corrected chi connectivity index (χ3v) is 2.12. The zero-order valence-electron chi connectivity index (χ0n) is 7.21. The van der Waals surface area contributed by atoms with Crippen LogP contribution in [0, 0.1) is 0 Å². The molecule has 1 aromatic heterocycles.